The van der Waals surface area contributed by atoms with E-state index in [9.17, 15) is 9.59 Å². The van der Waals surface area contributed by atoms with Gasteiger partial charge < -0.3 is 5.32 Å². The van der Waals surface area contributed by atoms with Crippen molar-refractivity contribution < 1.29 is 9.59 Å². The van der Waals surface area contributed by atoms with E-state index < -0.39 is 5.41 Å². The van der Waals surface area contributed by atoms with Crippen LogP contribution in [-0.2, 0) is 4.79 Å². The van der Waals surface area contributed by atoms with Crippen LogP contribution in [0.25, 0.3) is 5.69 Å². The number of hydrogen-bond donors (Lipinski definition) is 1. The minimum atomic E-state index is -0.480. The largest absolute Gasteiger partial charge is 0.326 e. The van der Waals surface area contributed by atoms with E-state index in [2.05, 4.69) is 20.8 Å². The Labute approximate surface area is 173 Å². The number of anilines is 1. The lowest BCUT2D eigenvalue weighted by molar-refractivity contribution is -0.123. The number of hydrogen-bond acceptors (Lipinski definition) is 6. The Kier molecular flexibility index (Phi) is 6.12. The lowest BCUT2D eigenvalue weighted by Gasteiger charge is -2.17. The highest BCUT2D eigenvalue weighted by atomic mass is 32.2. The van der Waals surface area contributed by atoms with Gasteiger partial charge in [0.15, 0.2) is 5.78 Å². The number of nitrogens with one attached hydrogen (secondary N) is 1. The zero-order valence-corrected chi connectivity index (χ0v) is 17.7. The normalized spacial score (nSPS) is 11.3. The van der Waals surface area contributed by atoms with E-state index in [0.717, 1.165) is 11.3 Å². The second-order valence-corrected chi connectivity index (χ2v) is 8.65. The molecular weight excluding hydrogens is 386 g/mol. The third-order valence-electron chi connectivity index (χ3n) is 4.17. The monoisotopic (exact) mass is 409 g/mol. The maximum absolute atomic E-state index is 12.5. The fourth-order valence-corrected chi connectivity index (χ4v) is 3.25. The summed E-state index contributed by atoms with van der Waals surface area (Å²) in [5, 5.41) is 15.2. The molecule has 0 aliphatic heterocycles. The van der Waals surface area contributed by atoms with Crippen LogP contribution in [0, 0.1) is 12.3 Å². The molecule has 2 aromatic carbocycles. The predicted molar refractivity (Wildman–Crippen MR) is 113 cm³/mol. The lowest BCUT2D eigenvalue weighted by atomic mass is 9.95. The molecule has 0 unspecified atom stereocenters. The van der Waals surface area contributed by atoms with E-state index in [1.165, 1.54) is 11.8 Å². The minimum absolute atomic E-state index is 0.0394. The number of carbonyl (C=O) groups excluding carboxylic acids is 2. The Morgan fingerprint density at radius 1 is 1.10 bits per heavy atom. The van der Waals surface area contributed by atoms with E-state index in [4.69, 9.17) is 0 Å². The summed E-state index contributed by atoms with van der Waals surface area (Å²) < 4.78 is 1.62. The molecule has 29 heavy (non-hydrogen) atoms. The summed E-state index contributed by atoms with van der Waals surface area (Å²) >= 11 is 1.28. The molecule has 0 saturated carbocycles. The molecule has 0 aliphatic rings. The number of nitrogens with zero attached hydrogens (tertiary/aromatic N) is 4. The summed E-state index contributed by atoms with van der Waals surface area (Å²) in [6.07, 6.45) is 0. The van der Waals surface area contributed by atoms with Gasteiger partial charge in [-0.3, -0.25) is 9.59 Å². The molecule has 0 bridgehead atoms. The highest BCUT2D eigenvalue weighted by molar-refractivity contribution is 7.99. The van der Waals surface area contributed by atoms with Crippen LogP contribution in [0.15, 0.2) is 53.7 Å². The first-order valence-corrected chi connectivity index (χ1v) is 10.2. The van der Waals surface area contributed by atoms with E-state index in [-0.39, 0.29) is 17.4 Å². The number of tetrazole rings is 1. The average Bonchev–Trinajstić information content (AvgIpc) is 3.14. The molecule has 3 aromatic rings. The molecule has 1 heterocycles. The van der Waals surface area contributed by atoms with Crippen LogP contribution in [0.5, 0.6) is 0 Å². The highest BCUT2D eigenvalue weighted by Gasteiger charge is 2.21. The molecule has 0 fully saturated rings. The van der Waals surface area contributed by atoms with Gasteiger partial charge in [0.25, 0.3) is 0 Å². The number of aryl methyl sites for hydroxylation is 1. The Hall–Kier alpha value is -3.00. The van der Waals surface area contributed by atoms with Gasteiger partial charge in [0.2, 0.25) is 11.1 Å². The lowest BCUT2D eigenvalue weighted by Crippen LogP contribution is -2.27. The SMILES string of the molecule is Cc1cccc(-n2nnnc2SCC(=O)c2ccc(NC(=O)C(C)(C)C)cc2)c1. The van der Waals surface area contributed by atoms with Crippen molar-refractivity contribution in [3.8, 4) is 5.69 Å². The maximum Gasteiger partial charge on any atom is 0.229 e. The Balaban J connectivity index is 1.63. The molecule has 1 amide bonds. The number of ketones is 1. The van der Waals surface area contributed by atoms with Gasteiger partial charge in [0.1, 0.15) is 0 Å². The van der Waals surface area contributed by atoms with Crippen LogP contribution in [0.1, 0.15) is 36.7 Å². The molecule has 0 atom stereocenters. The summed E-state index contributed by atoms with van der Waals surface area (Å²) in [7, 11) is 0. The number of thioether (sulfide) groups is 1. The molecule has 1 aromatic heterocycles. The average molecular weight is 410 g/mol. The van der Waals surface area contributed by atoms with Crippen LogP contribution in [0.2, 0.25) is 0 Å². The first-order chi connectivity index (χ1) is 13.7. The van der Waals surface area contributed by atoms with Gasteiger partial charge in [-0.2, -0.15) is 4.68 Å². The summed E-state index contributed by atoms with van der Waals surface area (Å²) in [5.74, 6) is 0.0949. The highest BCUT2D eigenvalue weighted by Crippen LogP contribution is 2.21. The van der Waals surface area contributed by atoms with Gasteiger partial charge in [0, 0.05) is 16.7 Å². The summed E-state index contributed by atoms with van der Waals surface area (Å²) in [6.45, 7) is 7.54. The first kappa shape index (κ1) is 20.7. The standard InChI is InChI=1S/C21H23N5O2S/c1-14-6-5-7-17(12-14)26-20(23-24-25-26)29-13-18(27)15-8-10-16(11-9-15)22-19(28)21(2,3)4/h5-12H,13H2,1-4H3,(H,22,28). The first-order valence-electron chi connectivity index (χ1n) is 9.17. The topological polar surface area (TPSA) is 89.8 Å². The fraction of sp³-hybridized carbons (Fsp3) is 0.286. The van der Waals surface area contributed by atoms with Gasteiger partial charge in [-0.1, -0.05) is 44.7 Å². The second-order valence-electron chi connectivity index (χ2n) is 7.71. The number of benzene rings is 2. The van der Waals surface area contributed by atoms with Crippen molar-refractivity contribution in [3.05, 3.63) is 59.7 Å². The van der Waals surface area contributed by atoms with Crippen molar-refractivity contribution in [2.24, 2.45) is 5.41 Å². The number of rotatable bonds is 6. The van der Waals surface area contributed by atoms with Crippen molar-refractivity contribution in [2.75, 3.05) is 11.1 Å². The second kappa shape index (κ2) is 8.57. The fourth-order valence-electron chi connectivity index (χ4n) is 2.46. The van der Waals surface area contributed by atoms with Crippen molar-refractivity contribution in [1.82, 2.24) is 20.2 Å². The van der Waals surface area contributed by atoms with E-state index in [1.54, 1.807) is 28.9 Å². The number of aromatic nitrogens is 4. The van der Waals surface area contributed by atoms with Crippen LogP contribution in [0.3, 0.4) is 0 Å². The molecule has 150 valence electrons. The Morgan fingerprint density at radius 3 is 2.48 bits per heavy atom. The zero-order chi connectivity index (χ0) is 21.0. The van der Waals surface area contributed by atoms with Gasteiger partial charge in [-0.15, -0.1) is 5.10 Å². The number of Topliss-reactive ketones (excluding diaryl/α,β-unsaturated/α-hetero) is 1. The van der Waals surface area contributed by atoms with Crippen molar-refractivity contribution in [2.45, 2.75) is 32.9 Å². The molecule has 1 N–H and O–H groups in total. The molecular formula is C21H23N5O2S. The molecule has 0 aliphatic carbocycles. The molecule has 0 radical (unpaired) electrons. The van der Waals surface area contributed by atoms with Crippen LogP contribution in [0.4, 0.5) is 5.69 Å². The van der Waals surface area contributed by atoms with Crippen molar-refractivity contribution in [1.29, 1.82) is 0 Å². The summed E-state index contributed by atoms with van der Waals surface area (Å²) in [4.78, 5) is 24.6. The predicted octanol–water partition coefficient (Wildman–Crippen LogP) is 3.93. The molecule has 3 rings (SSSR count). The van der Waals surface area contributed by atoms with E-state index in [0.29, 0.717) is 16.4 Å². The Morgan fingerprint density at radius 2 is 1.83 bits per heavy atom. The van der Waals surface area contributed by atoms with E-state index >= 15 is 0 Å². The minimum Gasteiger partial charge on any atom is -0.326 e. The molecule has 8 heteroatoms. The summed E-state index contributed by atoms with van der Waals surface area (Å²) in [5.41, 5.74) is 2.71. The third kappa shape index (κ3) is 5.29. The third-order valence-corrected chi connectivity index (χ3v) is 5.08. The zero-order valence-electron chi connectivity index (χ0n) is 16.8. The smallest absolute Gasteiger partial charge is 0.229 e. The van der Waals surface area contributed by atoms with Crippen molar-refractivity contribution >= 4 is 29.1 Å². The van der Waals surface area contributed by atoms with Gasteiger partial charge >= 0.3 is 0 Å². The van der Waals surface area contributed by atoms with Gasteiger partial charge in [0.05, 0.1) is 11.4 Å². The molecule has 7 nitrogen and oxygen atoms in total. The van der Waals surface area contributed by atoms with Gasteiger partial charge in [-0.25, -0.2) is 0 Å². The van der Waals surface area contributed by atoms with Gasteiger partial charge in [-0.05, 0) is 59.3 Å². The molecule has 0 saturated heterocycles. The molecule has 0 spiro atoms. The van der Waals surface area contributed by atoms with Crippen LogP contribution >= 0.6 is 11.8 Å². The quantitative estimate of drug-likeness (QED) is 0.490. The van der Waals surface area contributed by atoms with E-state index in [1.807, 2.05) is 52.0 Å². The number of carbonyl (C=O) groups is 2. The summed E-state index contributed by atoms with van der Waals surface area (Å²) in [6, 6.07) is 14.7. The Bertz CT molecular complexity index is 1020. The van der Waals surface area contributed by atoms with Crippen LogP contribution in [-0.4, -0.2) is 37.7 Å². The number of amides is 1. The van der Waals surface area contributed by atoms with Crippen molar-refractivity contribution in [3.63, 3.8) is 0 Å². The maximum atomic E-state index is 12.5. The van der Waals surface area contributed by atoms with Crippen LogP contribution < -0.4 is 5.32 Å².